The lowest BCUT2D eigenvalue weighted by Gasteiger charge is -2.10. The van der Waals surface area contributed by atoms with Crippen molar-refractivity contribution in [2.24, 2.45) is 0 Å². The van der Waals surface area contributed by atoms with E-state index in [1.54, 1.807) is 31.3 Å². The fraction of sp³-hybridized carbons (Fsp3) is 0.133. The van der Waals surface area contributed by atoms with Crippen molar-refractivity contribution in [2.45, 2.75) is 6.54 Å². The molecule has 21 heavy (non-hydrogen) atoms. The Hall–Kier alpha value is -1.59. The largest absolute Gasteiger partial charge is 0.381 e. The summed E-state index contributed by atoms with van der Waals surface area (Å²) in [5.74, 6) is -0.536. The van der Waals surface area contributed by atoms with Gasteiger partial charge >= 0.3 is 0 Å². The zero-order valence-corrected chi connectivity index (χ0v) is 13.6. The third-order valence-corrected chi connectivity index (χ3v) is 4.00. The first-order chi connectivity index (χ1) is 10.0. The maximum atomic E-state index is 13.0. The number of anilines is 1. The topological polar surface area (TPSA) is 41.1 Å². The van der Waals surface area contributed by atoms with Crippen LogP contribution in [0.3, 0.4) is 0 Å². The van der Waals surface area contributed by atoms with Crippen LogP contribution >= 0.6 is 27.5 Å². The molecule has 2 N–H and O–H groups in total. The van der Waals surface area contributed by atoms with E-state index in [4.69, 9.17) is 11.6 Å². The van der Waals surface area contributed by atoms with E-state index in [0.717, 1.165) is 11.3 Å². The smallest absolute Gasteiger partial charge is 0.252 e. The van der Waals surface area contributed by atoms with Gasteiger partial charge in [-0.25, -0.2) is 4.39 Å². The molecule has 0 radical (unpaired) electrons. The summed E-state index contributed by atoms with van der Waals surface area (Å²) < 4.78 is 13.7. The average Bonchev–Trinajstić information content (AvgIpc) is 2.47. The van der Waals surface area contributed by atoms with Crippen molar-refractivity contribution >= 4 is 39.1 Å². The first-order valence-corrected chi connectivity index (χ1v) is 7.38. The molecule has 0 spiro atoms. The second kappa shape index (κ2) is 6.91. The molecule has 0 fully saturated rings. The van der Waals surface area contributed by atoms with Gasteiger partial charge < -0.3 is 10.6 Å². The van der Waals surface area contributed by atoms with Gasteiger partial charge in [-0.1, -0.05) is 33.6 Å². The normalized spacial score (nSPS) is 10.3. The molecule has 0 aliphatic heterocycles. The van der Waals surface area contributed by atoms with Gasteiger partial charge in [-0.05, 0) is 35.9 Å². The fourth-order valence-electron chi connectivity index (χ4n) is 1.81. The van der Waals surface area contributed by atoms with Gasteiger partial charge in [0.15, 0.2) is 0 Å². The predicted octanol–water partition coefficient (Wildman–Crippen LogP) is 4.21. The van der Waals surface area contributed by atoms with Crippen LogP contribution in [0.4, 0.5) is 10.1 Å². The molecular weight excluding hydrogens is 359 g/mol. The molecule has 0 unspecified atom stereocenters. The SMILES string of the molecule is CNC(=O)c1cc(NCc2ccc(F)cc2Br)ccc1Cl. The van der Waals surface area contributed by atoms with Crippen molar-refractivity contribution in [2.75, 3.05) is 12.4 Å². The lowest BCUT2D eigenvalue weighted by atomic mass is 10.1. The Morgan fingerprint density at radius 3 is 2.71 bits per heavy atom. The van der Waals surface area contributed by atoms with Crippen LogP contribution in [0.25, 0.3) is 0 Å². The summed E-state index contributed by atoms with van der Waals surface area (Å²) in [7, 11) is 1.55. The average molecular weight is 372 g/mol. The fourth-order valence-corrected chi connectivity index (χ4v) is 2.50. The highest BCUT2D eigenvalue weighted by Gasteiger charge is 2.09. The van der Waals surface area contributed by atoms with E-state index in [0.29, 0.717) is 21.6 Å². The Morgan fingerprint density at radius 2 is 2.05 bits per heavy atom. The van der Waals surface area contributed by atoms with Crippen LogP contribution in [-0.2, 0) is 6.54 Å². The van der Waals surface area contributed by atoms with Crippen molar-refractivity contribution < 1.29 is 9.18 Å². The van der Waals surface area contributed by atoms with Crippen molar-refractivity contribution in [1.29, 1.82) is 0 Å². The molecule has 110 valence electrons. The van der Waals surface area contributed by atoms with E-state index >= 15 is 0 Å². The molecule has 0 bridgehead atoms. The number of carbonyl (C=O) groups excluding carboxylic acids is 1. The predicted molar refractivity (Wildman–Crippen MR) is 86.3 cm³/mol. The molecule has 0 saturated carbocycles. The van der Waals surface area contributed by atoms with E-state index in [1.807, 2.05) is 0 Å². The molecular formula is C15H13BrClFN2O. The molecule has 2 rings (SSSR count). The Morgan fingerprint density at radius 1 is 1.29 bits per heavy atom. The zero-order chi connectivity index (χ0) is 15.4. The molecule has 0 aromatic heterocycles. The molecule has 3 nitrogen and oxygen atoms in total. The highest BCUT2D eigenvalue weighted by molar-refractivity contribution is 9.10. The van der Waals surface area contributed by atoms with Gasteiger partial charge in [-0.15, -0.1) is 0 Å². The van der Waals surface area contributed by atoms with Gasteiger partial charge in [0.05, 0.1) is 10.6 Å². The Balaban J connectivity index is 2.15. The molecule has 0 aliphatic carbocycles. The first-order valence-electron chi connectivity index (χ1n) is 6.20. The van der Waals surface area contributed by atoms with E-state index in [-0.39, 0.29) is 11.7 Å². The maximum absolute atomic E-state index is 13.0. The number of nitrogens with one attached hydrogen (secondary N) is 2. The molecule has 2 aromatic rings. The van der Waals surface area contributed by atoms with Gasteiger partial charge in [-0.2, -0.15) is 0 Å². The van der Waals surface area contributed by atoms with Crippen molar-refractivity contribution in [1.82, 2.24) is 5.32 Å². The summed E-state index contributed by atoms with van der Waals surface area (Å²) in [6, 6.07) is 9.63. The van der Waals surface area contributed by atoms with Crippen LogP contribution < -0.4 is 10.6 Å². The number of benzene rings is 2. The summed E-state index contributed by atoms with van der Waals surface area (Å²) in [6.45, 7) is 0.496. The summed E-state index contributed by atoms with van der Waals surface area (Å²) in [5.41, 5.74) is 2.07. The summed E-state index contributed by atoms with van der Waals surface area (Å²) in [4.78, 5) is 11.7. The minimum Gasteiger partial charge on any atom is -0.381 e. The number of hydrogen-bond acceptors (Lipinski definition) is 2. The second-order valence-electron chi connectivity index (χ2n) is 4.36. The Kier molecular flexibility index (Phi) is 5.20. The highest BCUT2D eigenvalue weighted by Crippen LogP contribution is 2.23. The van der Waals surface area contributed by atoms with Crippen molar-refractivity contribution in [3.05, 3.63) is 62.8 Å². The van der Waals surface area contributed by atoms with Gasteiger partial charge in [0.1, 0.15) is 5.82 Å². The molecule has 2 aromatic carbocycles. The summed E-state index contributed by atoms with van der Waals surface area (Å²) in [5, 5.41) is 6.11. The summed E-state index contributed by atoms with van der Waals surface area (Å²) in [6.07, 6.45) is 0. The lowest BCUT2D eigenvalue weighted by Crippen LogP contribution is -2.18. The quantitative estimate of drug-likeness (QED) is 0.845. The number of halogens is 3. The van der Waals surface area contributed by atoms with E-state index < -0.39 is 0 Å². The van der Waals surface area contributed by atoms with Gasteiger partial charge in [0.2, 0.25) is 0 Å². The number of hydrogen-bond donors (Lipinski definition) is 2. The Labute approximate surface area is 135 Å². The van der Waals surface area contributed by atoms with E-state index in [1.165, 1.54) is 12.1 Å². The van der Waals surface area contributed by atoms with Gasteiger partial charge in [-0.3, -0.25) is 4.79 Å². The first kappa shape index (κ1) is 15.8. The third kappa shape index (κ3) is 3.95. The van der Waals surface area contributed by atoms with Crippen LogP contribution in [0.2, 0.25) is 5.02 Å². The minimum absolute atomic E-state index is 0.244. The van der Waals surface area contributed by atoms with Crippen LogP contribution in [-0.4, -0.2) is 13.0 Å². The summed E-state index contributed by atoms with van der Waals surface area (Å²) >= 11 is 9.31. The zero-order valence-electron chi connectivity index (χ0n) is 11.2. The molecule has 0 atom stereocenters. The Bertz CT molecular complexity index is 679. The highest BCUT2D eigenvalue weighted by atomic mass is 79.9. The number of carbonyl (C=O) groups is 1. The van der Waals surface area contributed by atoms with Crippen molar-refractivity contribution in [3.8, 4) is 0 Å². The van der Waals surface area contributed by atoms with Crippen LogP contribution in [0, 0.1) is 5.82 Å². The third-order valence-electron chi connectivity index (χ3n) is 2.94. The van der Waals surface area contributed by atoms with Crippen LogP contribution in [0.5, 0.6) is 0 Å². The van der Waals surface area contributed by atoms with E-state index in [9.17, 15) is 9.18 Å². The van der Waals surface area contributed by atoms with E-state index in [2.05, 4.69) is 26.6 Å². The minimum atomic E-state index is -0.293. The lowest BCUT2D eigenvalue weighted by molar-refractivity contribution is 0.0963. The molecule has 0 aliphatic rings. The van der Waals surface area contributed by atoms with Gasteiger partial charge in [0, 0.05) is 23.8 Å². The second-order valence-corrected chi connectivity index (χ2v) is 5.62. The number of rotatable bonds is 4. The standard InChI is InChI=1S/C15H13BrClFN2O/c1-19-15(21)12-7-11(4-5-14(12)17)20-8-9-2-3-10(18)6-13(9)16/h2-7,20H,8H2,1H3,(H,19,21). The maximum Gasteiger partial charge on any atom is 0.252 e. The monoisotopic (exact) mass is 370 g/mol. The number of amides is 1. The molecule has 6 heteroatoms. The van der Waals surface area contributed by atoms with Crippen LogP contribution in [0.1, 0.15) is 15.9 Å². The molecule has 0 saturated heterocycles. The molecule has 1 amide bonds. The van der Waals surface area contributed by atoms with Crippen molar-refractivity contribution in [3.63, 3.8) is 0 Å². The van der Waals surface area contributed by atoms with Gasteiger partial charge in [0.25, 0.3) is 5.91 Å². The van der Waals surface area contributed by atoms with Crippen LogP contribution in [0.15, 0.2) is 40.9 Å². The molecule has 0 heterocycles.